The Balaban J connectivity index is 3.15. The molecule has 0 saturated carbocycles. The van der Waals surface area contributed by atoms with Crippen molar-refractivity contribution in [2.45, 2.75) is 3.79 Å². The summed E-state index contributed by atoms with van der Waals surface area (Å²) in [6.45, 7) is 0. The molecular formula is C3Cl3N5. The van der Waals surface area contributed by atoms with E-state index in [0.717, 1.165) is 4.68 Å². The molecule has 0 saturated heterocycles. The highest BCUT2D eigenvalue weighted by atomic mass is 35.6. The van der Waals surface area contributed by atoms with E-state index in [1.54, 1.807) is 6.19 Å². The first kappa shape index (κ1) is 8.53. The summed E-state index contributed by atoms with van der Waals surface area (Å²) in [6, 6.07) is 0. The molecule has 0 unspecified atom stereocenters. The van der Waals surface area contributed by atoms with Crippen LogP contribution in [-0.4, -0.2) is 20.2 Å². The smallest absolute Gasteiger partial charge is 0.170 e. The fourth-order valence-corrected chi connectivity index (χ4v) is 0.785. The predicted molar refractivity (Wildman–Crippen MR) is 38.1 cm³/mol. The van der Waals surface area contributed by atoms with Crippen molar-refractivity contribution >= 4 is 34.8 Å². The lowest BCUT2D eigenvalue weighted by atomic mass is 10.7. The standard InChI is InChI=1S/C3Cl3N5/c4-3(5,6)2-8-9-10-11(2)1-7. The van der Waals surface area contributed by atoms with Gasteiger partial charge in [0.15, 0.2) is 0 Å². The average Bonchev–Trinajstić information content (AvgIpc) is 2.31. The van der Waals surface area contributed by atoms with Crippen LogP contribution in [-0.2, 0) is 3.79 Å². The van der Waals surface area contributed by atoms with Gasteiger partial charge in [-0.1, -0.05) is 34.8 Å². The minimum absolute atomic E-state index is 0.120. The topological polar surface area (TPSA) is 67.4 Å². The van der Waals surface area contributed by atoms with Crippen LogP contribution in [0.5, 0.6) is 0 Å². The fourth-order valence-electron chi connectivity index (χ4n) is 0.431. The van der Waals surface area contributed by atoms with Gasteiger partial charge in [-0.3, -0.25) is 0 Å². The number of alkyl halides is 3. The third-order valence-corrected chi connectivity index (χ3v) is 1.32. The minimum Gasteiger partial charge on any atom is -0.170 e. The Morgan fingerprint density at radius 1 is 1.45 bits per heavy atom. The summed E-state index contributed by atoms with van der Waals surface area (Å²) in [6.07, 6.45) is 1.61. The van der Waals surface area contributed by atoms with Crippen LogP contribution in [0.1, 0.15) is 5.82 Å². The number of halogens is 3. The first-order valence-corrected chi connectivity index (χ1v) is 3.45. The Labute approximate surface area is 76.4 Å². The molecule has 5 nitrogen and oxygen atoms in total. The molecular weight excluding hydrogens is 212 g/mol. The first-order chi connectivity index (χ1) is 5.05. The van der Waals surface area contributed by atoms with Gasteiger partial charge in [-0.15, -0.1) is 9.78 Å². The molecule has 0 bridgehead atoms. The second kappa shape index (κ2) is 2.81. The largest absolute Gasteiger partial charge is 0.253 e. The van der Waals surface area contributed by atoms with Crippen LogP contribution in [0.4, 0.5) is 0 Å². The van der Waals surface area contributed by atoms with Gasteiger partial charge >= 0.3 is 0 Å². The zero-order chi connectivity index (χ0) is 8.48. The number of aromatic nitrogens is 4. The van der Waals surface area contributed by atoms with Gasteiger partial charge in [0.1, 0.15) is 0 Å². The third kappa shape index (κ3) is 1.71. The van der Waals surface area contributed by atoms with Crippen LogP contribution in [0.2, 0.25) is 0 Å². The molecule has 0 N–H and O–H groups in total. The summed E-state index contributed by atoms with van der Waals surface area (Å²) in [5.41, 5.74) is 0. The van der Waals surface area contributed by atoms with Gasteiger partial charge in [0.25, 0.3) is 3.79 Å². The second-order valence-corrected chi connectivity index (χ2v) is 3.79. The lowest BCUT2D eigenvalue weighted by Gasteiger charge is -2.04. The summed E-state index contributed by atoms with van der Waals surface area (Å²) >= 11 is 16.2. The second-order valence-electron chi connectivity index (χ2n) is 1.51. The van der Waals surface area contributed by atoms with Crippen molar-refractivity contribution in [3.8, 4) is 6.19 Å². The maximum atomic E-state index is 8.37. The highest BCUT2D eigenvalue weighted by Crippen LogP contribution is 2.35. The van der Waals surface area contributed by atoms with Gasteiger partial charge in [0.2, 0.25) is 12.0 Å². The van der Waals surface area contributed by atoms with E-state index in [-0.39, 0.29) is 5.82 Å². The molecule has 1 rings (SSSR count). The highest BCUT2D eigenvalue weighted by Gasteiger charge is 2.30. The molecule has 0 radical (unpaired) electrons. The lowest BCUT2D eigenvalue weighted by molar-refractivity contribution is 0.782. The van der Waals surface area contributed by atoms with Crippen molar-refractivity contribution in [1.82, 2.24) is 20.2 Å². The van der Waals surface area contributed by atoms with E-state index in [9.17, 15) is 0 Å². The quantitative estimate of drug-likeness (QED) is 0.597. The van der Waals surface area contributed by atoms with Crippen LogP contribution in [0.3, 0.4) is 0 Å². The average molecular weight is 212 g/mol. The minimum atomic E-state index is -1.76. The molecule has 0 aliphatic rings. The first-order valence-electron chi connectivity index (χ1n) is 2.31. The Hall–Kier alpha value is -0.570. The van der Waals surface area contributed by atoms with E-state index >= 15 is 0 Å². The summed E-state index contributed by atoms with van der Waals surface area (Å²) in [4.78, 5) is 0. The van der Waals surface area contributed by atoms with Crippen LogP contribution in [0.15, 0.2) is 0 Å². The van der Waals surface area contributed by atoms with E-state index in [2.05, 4.69) is 15.5 Å². The lowest BCUT2D eigenvalue weighted by Crippen LogP contribution is -2.09. The molecule has 8 heteroatoms. The number of hydrogen-bond donors (Lipinski definition) is 0. The van der Waals surface area contributed by atoms with Crippen LogP contribution in [0, 0.1) is 11.5 Å². The van der Waals surface area contributed by atoms with Crippen molar-refractivity contribution in [3.05, 3.63) is 5.82 Å². The van der Waals surface area contributed by atoms with Gasteiger partial charge in [-0.25, -0.2) is 0 Å². The number of hydrogen-bond acceptors (Lipinski definition) is 4. The summed E-state index contributed by atoms with van der Waals surface area (Å²) in [5, 5.41) is 18.1. The number of tetrazole rings is 1. The van der Waals surface area contributed by atoms with E-state index < -0.39 is 3.79 Å². The normalized spacial score (nSPS) is 11.1. The van der Waals surface area contributed by atoms with Crippen molar-refractivity contribution in [3.63, 3.8) is 0 Å². The van der Waals surface area contributed by atoms with Gasteiger partial charge in [-0.05, 0) is 10.4 Å². The van der Waals surface area contributed by atoms with Gasteiger partial charge in [0, 0.05) is 0 Å². The molecule has 1 aromatic rings. The Kier molecular flexibility index (Phi) is 2.18. The summed E-state index contributed by atoms with van der Waals surface area (Å²) in [7, 11) is 0. The number of nitriles is 1. The molecule has 11 heavy (non-hydrogen) atoms. The molecule has 1 heterocycles. The van der Waals surface area contributed by atoms with Crippen LogP contribution in [0.25, 0.3) is 0 Å². The van der Waals surface area contributed by atoms with Crippen molar-refractivity contribution in [1.29, 1.82) is 5.26 Å². The molecule has 0 atom stereocenters. The van der Waals surface area contributed by atoms with Gasteiger partial charge in [0.05, 0.1) is 0 Å². The summed E-state index contributed by atoms with van der Waals surface area (Å²) in [5.74, 6) is -0.120. The Morgan fingerprint density at radius 2 is 2.09 bits per heavy atom. The zero-order valence-corrected chi connectivity index (χ0v) is 7.14. The molecule has 0 aliphatic heterocycles. The van der Waals surface area contributed by atoms with E-state index in [1.165, 1.54) is 0 Å². The van der Waals surface area contributed by atoms with Crippen molar-refractivity contribution in [2.24, 2.45) is 0 Å². The molecule has 0 aromatic carbocycles. The third-order valence-electron chi connectivity index (χ3n) is 0.818. The predicted octanol–water partition coefficient (Wildman–Crippen LogP) is 0.829. The number of rotatable bonds is 0. The SMILES string of the molecule is N#Cn1nnnc1C(Cl)(Cl)Cl. The van der Waals surface area contributed by atoms with Gasteiger partial charge in [-0.2, -0.15) is 5.26 Å². The number of nitrogens with zero attached hydrogens (tertiary/aromatic N) is 5. The molecule has 0 spiro atoms. The van der Waals surface area contributed by atoms with Gasteiger partial charge < -0.3 is 0 Å². The molecule has 0 fully saturated rings. The summed E-state index contributed by atoms with van der Waals surface area (Å²) < 4.78 is -1.04. The van der Waals surface area contributed by atoms with E-state index in [0.29, 0.717) is 0 Å². The maximum absolute atomic E-state index is 8.37. The molecule has 0 amide bonds. The Morgan fingerprint density at radius 3 is 2.45 bits per heavy atom. The molecule has 0 aliphatic carbocycles. The van der Waals surface area contributed by atoms with Crippen LogP contribution >= 0.6 is 34.8 Å². The van der Waals surface area contributed by atoms with Crippen molar-refractivity contribution in [2.75, 3.05) is 0 Å². The fraction of sp³-hybridized carbons (Fsp3) is 0.333. The molecule has 58 valence electrons. The Bertz CT molecular complexity index is 293. The van der Waals surface area contributed by atoms with E-state index in [4.69, 9.17) is 40.1 Å². The highest BCUT2D eigenvalue weighted by molar-refractivity contribution is 6.66. The maximum Gasteiger partial charge on any atom is 0.253 e. The van der Waals surface area contributed by atoms with E-state index in [1.807, 2.05) is 0 Å². The monoisotopic (exact) mass is 211 g/mol. The zero-order valence-electron chi connectivity index (χ0n) is 4.87. The molecule has 1 aromatic heterocycles. The van der Waals surface area contributed by atoms with Crippen molar-refractivity contribution < 1.29 is 0 Å². The van der Waals surface area contributed by atoms with Crippen LogP contribution < -0.4 is 0 Å².